The number of hydrogen-bond donors (Lipinski definition) is 2. The molecule has 146 valence electrons. The third kappa shape index (κ3) is 3.96. The first-order valence-electron chi connectivity index (χ1n) is 9.08. The number of ether oxygens (including phenoxy) is 4. The maximum absolute atomic E-state index is 10.5. The average molecular weight is 366 g/mol. The van der Waals surface area contributed by atoms with Crippen LogP contribution >= 0.6 is 0 Å². The zero-order valence-corrected chi connectivity index (χ0v) is 16.2. The minimum Gasteiger partial charge on any atom is -0.388 e. The van der Waals surface area contributed by atoms with E-state index in [2.05, 4.69) is 32.9 Å². The number of hydrogen-bond acceptors (Lipinski definition) is 6. The van der Waals surface area contributed by atoms with E-state index in [-0.39, 0.29) is 25.2 Å². The van der Waals surface area contributed by atoms with Crippen molar-refractivity contribution in [3.05, 3.63) is 35.4 Å². The fraction of sp³-hybridized carbons (Fsp3) is 0.700. The monoisotopic (exact) mass is 366 g/mol. The smallest absolute Gasteiger partial charge is 0.224 e. The molecular formula is C20H30O6. The van der Waals surface area contributed by atoms with Crippen molar-refractivity contribution in [2.24, 2.45) is 0 Å². The predicted octanol–water partition coefficient (Wildman–Crippen LogP) is 2.10. The Morgan fingerprint density at radius 2 is 1.77 bits per heavy atom. The van der Waals surface area contributed by atoms with Crippen LogP contribution in [0.4, 0.5) is 0 Å². The van der Waals surface area contributed by atoms with E-state index in [9.17, 15) is 10.2 Å². The Kier molecular flexibility index (Phi) is 5.20. The Bertz CT molecular complexity index is 620. The molecule has 0 amide bonds. The van der Waals surface area contributed by atoms with Crippen LogP contribution in [0, 0.1) is 0 Å². The van der Waals surface area contributed by atoms with Gasteiger partial charge in [0, 0.05) is 0 Å². The first-order valence-corrected chi connectivity index (χ1v) is 9.08. The zero-order chi connectivity index (χ0) is 19.2. The maximum Gasteiger partial charge on any atom is 0.224 e. The summed E-state index contributed by atoms with van der Waals surface area (Å²) >= 11 is 0. The topological polar surface area (TPSA) is 77.4 Å². The van der Waals surface area contributed by atoms with Crippen LogP contribution in [0.3, 0.4) is 0 Å². The van der Waals surface area contributed by atoms with Gasteiger partial charge < -0.3 is 29.2 Å². The first kappa shape index (κ1) is 19.7. The van der Waals surface area contributed by atoms with Crippen LogP contribution < -0.4 is 0 Å². The molecule has 2 aliphatic rings. The summed E-state index contributed by atoms with van der Waals surface area (Å²) in [5.74, 6) is -2.05. The number of benzene rings is 1. The van der Waals surface area contributed by atoms with E-state index in [1.165, 1.54) is 5.56 Å². The second-order valence-corrected chi connectivity index (χ2v) is 8.65. The summed E-state index contributed by atoms with van der Waals surface area (Å²) in [6.45, 7) is 10.4. The Morgan fingerprint density at radius 1 is 1.12 bits per heavy atom. The molecule has 6 heteroatoms. The van der Waals surface area contributed by atoms with Gasteiger partial charge in [-0.05, 0) is 30.4 Å². The summed E-state index contributed by atoms with van der Waals surface area (Å²) in [6.07, 6.45) is -2.99. The second kappa shape index (κ2) is 6.86. The van der Waals surface area contributed by atoms with Crippen LogP contribution in [-0.4, -0.2) is 53.3 Å². The van der Waals surface area contributed by atoms with Crippen LogP contribution in [0.15, 0.2) is 24.3 Å². The lowest BCUT2D eigenvalue weighted by molar-refractivity contribution is -0.347. The molecule has 2 fully saturated rings. The van der Waals surface area contributed by atoms with Crippen LogP contribution in [0.1, 0.15) is 45.7 Å². The van der Waals surface area contributed by atoms with E-state index in [0.29, 0.717) is 0 Å². The highest BCUT2D eigenvalue weighted by atomic mass is 16.8. The molecular weight excluding hydrogens is 336 g/mol. The van der Waals surface area contributed by atoms with Crippen molar-refractivity contribution >= 4 is 0 Å². The van der Waals surface area contributed by atoms with E-state index < -0.39 is 29.9 Å². The fourth-order valence-electron chi connectivity index (χ4n) is 3.34. The molecule has 2 heterocycles. The molecule has 3 rings (SSSR count). The molecule has 2 aliphatic heterocycles. The summed E-state index contributed by atoms with van der Waals surface area (Å²) < 4.78 is 23.2. The van der Waals surface area contributed by atoms with Gasteiger partial charge in [0.05, 0.1) is 13.2 Å². The number of aliphatic hydroxyl groups is 2. The molecule has 0 aliphatic carbocycles. The minimum atomic E-state index is -1.21. The Labute approximate surface area is 155 Å². The van der Waals surface area contributed by atoms with Crippen molar-refractivity contribution in [2.75, 3.05) is 13.2 Å². The highest BCUT2D eigenvalue weighted by Gasteiger charge is 2.58. The molecule has 1 aromatic carbocycles. The van der Waals surface area contributed by atoms with E-state index in [1.54, 1.807) is 13.8 Å². The van der Waals surface area contributed by atoms with Crippen molar-refractivity contribution in [1.82, 2.24) is 0 Å². The van der Waals surface area contributed by atoms with Gasteiger partial charge >= 0.3 is 0 Å². The van der Waals surface area contributed by atoms with Gasteiger partial charge in [-0.3, -0.25) is 0 Å². The fourth-order valence-corrected chi connectivity index (χ4v) is 3.34. The van der Waals surface area contributed by atoms with Crippen LogP contribution in [0.2, 0.25) is 0 Å². The largest absolute Gasteiger partial charge is 0.388 e. The number of aliphatic hydroxyl groups excluding tert-OH is 2. The van der Waals surface area contributed by atoms with Gasteiger partial charge in [-0.25, -0.2) is 0 Å². The van der Waals surface area contributed by atoms with Crippen molar-refractivity contribution in [3.63, 3.8) is 0 Å². The van der Waals surface area contributed by atoms with Crippen molar-refractivity contribution in [1.29, 1.82) is 0 Å². The predicted molar refractivity (Wildman–Crippen MR) is 95.5 cm³/mol. The van der Waals surface area contributed by atoms with Gasteiger partial charge in [-0.15, -0.1) is 0 Å². The van der Waals surface area contributed by atoms with E-state index in [0.717, 1.165) is 5.56 Å². The van der Waals surface area contributed by atoms with Gasteiger partial charge in [0.2, 0.25) is 5.79 Å². The Morgan fingerprint density at radius 3 is 2.31 bits per heavy atom. The van der Waals surface area contributed by atoms with Gasteiger partial charge in [-0.2, -0.15) is 0 Å². The zero-order valence-electron chi connectivity index (χ0n) is 16.2. The van der Waals surface area contributed by atoms with Crippen LogP contribution in [0.5, 0.6) is 0 Å². The molecule has 4 atom stereocenters. The summed E-state index contributed by atoms with van der Waals surface area (Å²) in [7, 11) is 0. The van der Waals surface area contributed by atoms with Gasteiger partial charge in [0.25, 0.3) is 0 Å². The van der Waals surface area contributed by atoms with Gasteiger partial charge in [0.1, 0.15) is 24.9 Å². The number of rotatable bonds is 3. The minimum absolute atomic E-state index is 0.0270. The average Bonchev–Trinajstić information content (AvgIpc) is 2.87. The lowest BCUT2D eigenvalue weighted by atomic mass is 9.87. The molecule has 0 saturated carbocycles. The lowest BCUT2D eigenvalue weighted by Crippen LogP contribution is -2.63. The molecule has 0 bridgehead atoms. The quantitative estimate of drug-likeness (QED) is 0.853. The SMILES string of the molecule is CC1(C)OC[C@]2(OC[C@@H](O)[C@@H](O)[C@@H]2OCc2ccc(C(C)(C)C)cc2)O1. The maximum atomic E-state index is 10.5. The molecule has 26 heavy (non-hydrogen) atoms. The normalized spacial score (nSPS) is 34.3. The van der Waals surface area contributed by atoms with Crippen molar-refractivity contribution in [3.8, 4) is 0 Å². The first-order chi connectivity index (χ1) is 12.0. The molecule has 2 N–H and O–H groups in total. The Balaban J connectivity index is 1.73. The molecule has 0 unspecified atom stereocenters. The highest BCUT2D eigenvalue weighted by molar-refractivity contribution is 5.27. The lowest BCUT2D eigenvalue weighted by Gasteiger charge is -2.44. The van der Waals surface area contributed by atoms with E-state index in [1.807, 2.05) is 12.1 Å². The van der Waals surface area contributed by atoms with Crippen LogP contribution in [-0.2, 0) is 31.0 Å². The van der Waals surface area contributed by atoms with E-state index in [4.69, 9.17) is 18.9 Å². The summed E-state index contributed by atoms with van der Waals surface area (Å²) in [4.78, 5) is 0. The van der Waals surface area contributed by atoms with Crippen LogP contribution in [0.25, 0.3) is 0 Å². The standard InChI is InChI=1S/C20H30O6/c1-18(2,3)14-8-6-13(7-9-14)10-23-17-16(22)15(21)11-24-20(17)12-25-19(4,5)26-20/h6-9,15-17,21-22H,10-12H2,1-5H3/t15-,16-,17+,20+/m1/s1. The Hall–Kier alpha value is -1.02. The molecule has 1 aromatic rings. The summed E-state index contributed by atoms with van der Waals surface area (Å²) in [5, 5.41) is 20.5. The molecule has 0 radical (unpaired) electrons. The third-order valence-electron chi connectivity index (χ3n) is 4.93. The van der Waals surface area contributed by atoms with Gasteiger partial charge in [-0.1, -0.05) is 45.0 Å². The van der Waals surface area contributed by atoms with Crippen molar-refractivity contribution in [2.45, 2.75) is 76.5 Å². The third-order valence-corrected chi connectivity index (χ3v) is 4.93. The highest BCUT2D eigenvalue weighted by Crippen LogP contribution is 2.40. The summed E-state index contributed by atoms with van der Waals surface area (Å²) in [6, 6.07) is 8.18. The summed E-state index contributed by atoms with van der Waals surface area (Å²) in [5.41, 5.74) is 2.30. The van der Waals surface area contributed by atoms with Crippen molar-refractivity contribution < 1.29 is 29.2 Å². The second-order valence-electron chi connectivity index (χ2n) is 8.65. The molecule has 1 spiro atoms. The molecule has 0 aromatic heterocycles. The van der Waals surface area contributed by atoms with E-state index >= 15 is 0 Å². The molecule has 2 saturated heterocycles. The molecule has 6 nitrogen and oxygen atoms in total. The van der Waals surface area contributed by atoms with Gasteiger partial charge in [0.15, 0.2) is 5.79 Å².